The molecule has 146 valence electrons. The zero-order valence-corrected chi connectivity index (χ0v) is 17.0. The second kappa shape index (κ2) is 7.97. The summed E-state index contributed by atoms with van der Waals surface area (Å²) in [6, 6.07) is 15.6. The molecule has 2 aromatic heterocycles. The number of benzene rings is 2. The van der Waals surface area contributed by atoms with Gasteiger partial charge in [-0.15, -0.1) is 0 Å². The van der Waals surface area contributed by atoms with E-state index in [2.05, 4.69) is 21.6 Å². The lowest BCUT2D eigenvalue weighted by Crippen LogP contribution is -2.27. The van der Waals surface area contributed by atoms with Gasteiger partial charge in [-0.3, -0.25) is 14.2 Å². The lowest BCUT2D eigenvalue weighted by Gasteiger charge is -2.08. The van der Waals surface area contributed by atoms with Crippen LogP contribution in [-0.4, -0.2) is 19.8 Å². The number of rotatable bonds is 5. The number of aromatic nitrogens is 3. The number of hydrogen-bond donors (Lipinski definition) is 1. The Labute approximate surface area is 172 Å². The number of fused-ring (bicyclic) bond motifs is 1. The van der Waals surface area contributed by atoms with E-state index in [0.717, 1.165) is 40.3 Å². The summed E-state index contributed by atoms with van der Waals surface area (Å²) in [5.41, 5.74) is 4.89. The molecular weight excluding hydrogens is 384 g/mol. The van der Waals surface area contributed by atoms with Crippen molar-refractivity contribution < 1.29 is 4.79 Å². The Morgan fingerprint density at radius 2 is 2.00 bits per heavy atom. The normalized spacial score (nSPS) is 11.0. The van der Waals surface area contributed by atoms with Crippen LogP contribution in [0.5, 0.6) is 0 Å². The zero-order valence-electron chi connectivity index (χ0n) is 16.2. The zero-order chi connectivity index (χ0) is 20.4. The van der Waals surface area contributed by atoms with E-state index in [-0.39, 0.29) is 18.0 Å². The first kappa shape index (κ1) is 19.0. The van der Waals surface area contributed by atoms with E-state index >= 15 is 0 Å². The van der Waals surface area contributed by atoms with Crippen molar-refractivity contribution in [3.63, 3.8) is 0 Å². The molecule has 0 saturated carbocycles. The topological polar surface area (TPSA) is 76.9 Å². The Kier molecular flexibility index (Phi) is 5.22. The Hall–Kier alpha value is -3.32. The van der Waals surface area contributed by atoms with Crippen molar-refractivity contribution in [2.24, 2.45) is 0 Å². The molecule has 2 heterocycles. The SMILES string of the molecule is CCc1cccc(NC(=O)Cn2cnc3c(-c4cccc(C)c4)nsc3c2=O)c1. The molecule has 29 heavy (non-hydrogen) atoms. The van der Waals surface area contributed by atoms with E-state index < -0.39 is 0 Å². The molecule has 0 aliphatic heterocycles. The lowest BCUT2D eigenvalue weighted by molar-refractivity contribution is -0.116. The molecular formula is C22H20N4O2S. The van der Waals surface area contributed by atoms with Crippen molar-refractivity contribution in [1.29, 1.82) is 0 Å². The van der Waals surface area contributed by atoms with Crippen LogP contribution in [-0.2, 0) is 17.8 Å². The van der Waals surface area contributed by atoms with Crippen LogP contribution in [0.4, 0.5) is 5.69 Å². The summed E-state index contributed by atoms with van der Waals surface area (Å²) >= 11 is 1.11. The quantitative estimate of drug-likeness (QED) is 0.545. The number of aryl methyl sites for hydroxylation is 2. The van der Waals surface area contributed by atoms with Gasteiger partial charge in [0.2, 0.25) is 5.91 Å². The predicted molar refractivity (Wildman–Crippen MR) is 116 cm³/mol. The van der Waals surface area contributed by atoms with Crippen LogP contribution in [0, 0.1) is 6.92 Å². The molecule has 7 heteroatoms. The smallest absolute Gasteiger partial charge is 0.273 e. The fraction of sp³-hybridized carbons (Fsp3) is 0.182. The van der Waals surface area contributed by atoms with Crippen LogP contribution in [0.3, 0.4) is 0 Å². The Bertz CT molecular complexity index is 1260. The second-order valence-corrected chi connectivity index (χ2v) is 7.63. The summed E-state index contributed by atoms with van der Waals surface area (Å²) in [4.78, 5) is 29.7. The van der Waals surface area contributed by atoms with Gasteiger partial charge in [-0.1, -0.05) is 42.8 Å². The highest BCUT2D eigenvalue weighted by molar-refractivity contribution is 7.13. The molecule has 2 aromatic carbocycles. The van der Waals surface area contributed by atoms with Crippen molar-refractivity contribution >= 4 is 33.3 Å². The molecule has 1 amide bonds. The van der Waals surface area contributed by atoms with Gasteiger partial charge in [0.1, 0.15) is 22.5 Å². The maximum absolute atomic E-state index is 12.8. The number of amides is 1. The van der Waals surface area contributed by atoms with Crippen LogP contribution in [0.1, 0.15) is 18.1 Å². The van der Waals surface area contributed by atoms with Gasteiger partial charge in [-0.05, 0) is 48.6 Å². The Morgan fingerprint density at radius 3 is 2.79 bits per heavy atom. The van der Waals surface area contributed by atoms with Crippen LogP contribution in [0.2, 0.25) is 0 Å². The fourth-order valence-electron chi connectivity index (χ4n) is 3.17. The number of carbonyl (C=O) groups excluding carboxylic acids is 1. The van der Waals surface area contributed by atoms with E-state index in [1.54, 1.807) is 0 Å². The average Bonchev–Trinajstić information content (AvgIpc) is 3.15. The van der Waals surface area contributed by atoms with Gasteiger partial charge >= 0.3 is 0 Å². The number of nitrogens with one attached hydrogen (secondary N) is 1. The minimum atomic E-state index is -0.273. The third-order valence-corrected chi connectivity index (χ3v) is 5.50. The average molecular weight is 404 g/mol. The van der Waals surface area contributed by atoms with Crippen molar-refractivity contribution in [3.8, 4) is 11.3 Å². The van der Waals surface area contributed by atoms with E-state index in [0.29, 0.717) is 15.9 Å². The largest absolute Gasteiger partial charge is 0.325 e. The molecule has 1 N–H and O–H groups in total. The van der Waals surface area contributed by atoms with Crippen LogP contribution in [0.25, 0.3) is 21.5 Å². The van der Waals surface area contributed by atoms with Gasteiger partial charge in [-0.25, -0.2) is 4.98 Å². The first-order valence-corrected chi connectivity index (χ1v) is 10.1. The summed E-state index contributed by atoms with van der Waals surface area (Å²) < 4.78 is 6.21. The minimum Gasteiger partial charge on any atom is -0.325 e. The summed E-state index contributed by atoms with van der Waals surface area (Å²) in [5.74, 6) is -0.273. The molecule has 6 nitrogen and oxygen atoms in total. The van der Waals surface area contributed by atoms with Crippen molar-refractivity contribution in [2.75, 3.05) is 5.32 Å². The maximum Gasteiger partial charge on any atom is 0.273 e. The first-order chi connectivity index (χ1) is 14.0. The van der Waals surface area contributed by atoms with Gasteiger partial charge in [0.05, 0.1) is 6.33 Å². The van der Waals surface area contributed by atoms with E-state index in [4.69, 9.17) is 0 Å². The maximum atomic E-state index is 12.8. The third kappa shape index (κ3) is 3.95. The molecule has 4 aromatic rings. The minimum absolute atomic E-state index is 0.101. The van der Waals surface area contributed by atoms with E-state index in [9.17, 15) is 9.59 Å². The molecule has 0 aliphatic rings. The molecule has 0 unspecified atom stereocenters. The van der Waals surface area contributed by atoms with E-state index in [1.807, 2.05) is 55.5 Å². The van der Waals surface area contributed by atoms with Crippen LogP contribution < -0.4 is 10.9 Å². The molecule has 0 fully saturated rings. The Morgan fingerprint density at radius 1 is 1.17 bits per heavy atom. The molecule has 0 aliphatic carbocycles. The van der Waals surface area contributed by atoms with Gasteiger partial charge in [0.15, 0.2) is 0 Å². The number of anilines is 1. The molecule has 0 saturated heterocycles. The van der Waals surface area contributed by atoms with Gasteiger partial charge in [0.25, 0.3) is 5.56 Å². The first-order valence-electron chi connectivity index (χ1n) is 9.36. The van der Waals surface area contributed by atoms with Crippen molar-refractivity contribution in [1.82, 2.24) is 13.9 Å². The van der Waals surface area contributed by atoms with Gasteiger partial charge < -0.3 is 5.32 Å². The summed E-state index contributed by atoms with van der Waals surface area (Å²) in [5, 5.41) is 2.84. The number of nitrogens with zero attached hydrogens (tertiary/aromatic N) is 3. The summed E-state index contributed by atoms with van der Waals surface area (Å²) in [6.07, 6.45) is 2.30. The lowest BCUT2D eigenvalue weighted by atomic mass is 10.1. The summed E-state index contributed by atoms with van der Waals surface area (Å²) in [6.45, 7) is 3.96. The molecule has 0 radical (unpaired) electrons. The molecule has 0 spiro atoms. The monoisotopic (exact) mass is 404 g/mol. The highest BCUT2D eigenvalue weighted by Gasteiger charge is 2.15. The summed E-state index contributed by atoms with van der Waals surface area (Å²) in [7, 11) is 0. The van der Waals surface area contributed by atoms with Crippen LogP contribution in [0.15, 0.2) is 59.7 Å². The second-order valence-electron chi connectivity index (χ2n) is 6.86. The predicted octanol–water partition coefficient (Wildman–Crippen LogP) is 4.03. The van der Waals surface area contributed by atoms with Gasteiger partial charge in [-0.2, -0.15) is 4.37 Å². The highest BCUT2D eigenvalue weighted by atomic mass is 32.1. The number of carbonyl (C=O) groups is 1. The molecule has 0 atom stereocenters. The highest BCUT2D eigenvalue weighted by Crippen LogP contribution is 2.27. The standard InChI is InChI=1S/C22H20N4O2S/c1-3-15-7-5-9-17(11-15)24-18(27)12-26-13-23-20-19(25-29-21(20)22(26)28)16-8-4-6-14(2)10-16/h4-11,13H,3,12H2,1-2H3,(H,24,27). The number of hydrogen-bond acceptors (Lipinski definition) is 5. The van der Waals surface area contributed by atoms with Crippen molar-refractivity contribution in [3.05, 3.63) is 76.3 Å². The fourth-order valence-corrected chi connectivity index (χ4v) is 3.98. The van der Waals surface area contributed by atoms with Gasteiger partial charge in [0, 0.05) is 11.3 Å². The van der Waals surface area contributed by atoms with Crippen LogP contribution >= 0.6 is 11.5 Å². The third-order valence-electron chi connectivity index (χ3n) is 4.67. The Balaban J connectivity index is 1.59. The molecule has 4 rings (SSSR count). The van der Waals surface area contributed by atoms with E-state index in [1.165, 1.54) is 10.9 Å². The molecule has 0 bridgehead atoms. The van der Waals surface area contributed by atoms with Crippen molar-refractivity contribution in [2.45, 2.75) is 26.8 Å².